The number of aromatic nitrogens is 6. The van der Waals surface area contributed by atoms with Crippen LogP contribution in [0.2, 0.25) is 0 Å². The third-order valence-corrected chi connectivity index (χ3v) is 12.8. The van der Waals surface area contributed by atoms with Crippen LogP contribution in [0, 0.1) is 0 Å². The van der Waals surface area contributed by atoms with Crippen LogP contribution in [-0.2, 0) is 47.2 Å². The zero-order valence-electron chi connectivity index (χ0n) is 28.0. The van der Waals surface area contributed by atoms with Crippen LogP contribution in [0.1, 0.15) is 24.9 Å². The number of esters is 1. The van der Waals surface area contributed by atoms with Crippen molar-refractivity contribution in [3.8, 4) is 5.75 Å². The number of phosphoric acid groups is 1. The van der Waals surface area contributed by atoms with E-state index in [1.165, 1.54) is 19.1 Å². The van der Waals surface area contributed by atoms with Crippen LogP contribution in [0.3, 0.4) is 0 Å². The summed E-state index contributed by atoms with van der Waals surface area (Å²) in [6.07, 6.45) is -12.1. The fourth-order valence-electron chi connectivity index (χ4n) is 5.74. The molecule has 54 heavy (non-hydrogen) atoms. The first-order valence-corrected chi connectivity index (χ1v) is 20.1. The minimum Gasteiger partial charge on any atom is -0.756 e. The Morgan fingerprint density at radius 1 is 1.00 bits per heavy atom. The van der Waals surface area contributed by atoms with Crippen molar-refractivity contribution < 1.29 is 59.9 Å². The third kappa shape index (κ3) is 8.19. The fourth-order valence-corrected chi connectivity index (χ4v) is 10.0. The summed E-state index contributed by atoms with van der Waals surface area (Å²) in [5, 5.41) is 0. The Balaban J connectivity index is 0.00000497. The Kier molecular flexibility index (Phi) is 11.5. The summed E-state index contributed by atoms with van der Waals surface area (Å²) in [6, 6.07) is 6.97. The Morgan fingerprint density at radius 2 is 1.65 bits per heavy atom. The Labute approximate surface area is 305 Å². The van der Waals surface area contributed by atoms with E-state index in [0.29, 0.717) is 16.9 Å². The molecular formula is C28H32F2N8O13P2S. The summed E-state index contributed by atoms with van der Waals surface area (Å²) >= 11 is 0.560. The van der Waals surface area contributed by atoms with Gasteiger partial charge in [0.15, 0.2) is 36.3 Å². The number of hydrogen-bond donors (Lipinski definition) is 3. The van der Waals surface area contributed by atoms with Gasteiger partial charge < -0.3 is 40.0 Å². The quantitative estimate of drug-likeness (QED) is 0.142. The number of H-pyrrole nitrogens is 1. The van der Waals surface area contributed by atoms with Crippen molar-refractivity contribution in [3.05, 3.63) is 75.6 Å². The largest absolute Gasteiger partial charge is 0.756 e. The van der Waals surface area contributed by atoms with Crippen LogP contribution in [0.15, 0.2) is 58.8 Å². The van der Waals surface area contributed by atoms with Gasteiger partial charge in [-0.2, -0.15) is 0 Å². The number of nitrogens with two attached hydrogens (primary N) is 1. The summed E-state index contributed by atoms with van der Waals surface area (Å²) in [5.41, 5.74) is 4.66. The number of nitrogens with one attached hydrogen (secondary N) is 1. The number of imidazole rings is 1. The number of carbonyl (C=O) groups is 1. The lowest BCUT2D eigenvalue weighted by Gasteiger charge is -2.30. The predicted octanol–water partition coefficient (Wildman–Crippen LogP) is 2.06. The van der Waals surface area contributed by atoms with Crippen LogP contribution in [0.4, 0.5) is 14.6 Å². The average molecular weight is 821 g/mol. The number of carbonyl (C=O) groups excluding carboxylic acids is 1. The second-order valence-corrected chi connectivity index (χ2v) is 17.1. The van der Waals surface area contributed by atoms with E-state index < -0.39 is 94.3 Å². The van der Waals surface area contributed by atoms with Gasteiger partial charge in [-0.05, 0) is 29.1 Å². The van der Waals surface area contributed by atoms with E-state index in [1.807, 2.05) is 4.98 Å². The molecule has 0 radical (unpaired) electrons. The highest BCUT2D eigenvalue weighted by Crippen LogP contribution is 2.64. The summed E-state index contributed by atoms with van der Waals surface area (Å²) in [6.45, 7) is -5.35. The molecule has 3 aliphatic heterocycles. The number of phosphoric ester groups is 1. The molecule has 26 heteroatoms. The normalized spacial score (nSPS) is 32.8. The number of fused-ring (bicyclic) bond motifs is 5. The van der Waals surface area contributed by atoms with Crippen LogP contribution < -0.4 is 32.8 Å². The van der Waals surface area contributed by atoms with Gasteiger partial charge in [0.2, 0.25) is 0 Å². The van der Waals surface area contributed by atoms with Gasteiger partial charge in [-0.25, -0.2) is 33.1 Å². The maximum atomic E-state index is 16.2. The van der Waals surface area contributed by atoms with E-state index in [-0.39, 0.29) is 34.6 Å². The van der Waals surface area contributed by atoms with Gasteiger partial charge in [-0.1, -0.05) is 12.1 Å². The first-order valence-electron chi connectivity index (χ1n) is 15.5. The average Bonchev–Trinajstić information content (AvgIpc) is 3.76. The van der Waals surface area contributed by atoms with Crippen molar-refractivity contribution >= 4 is 49.0 Å². The molecule has 3 aromatic heterocycles. The number of benzene rings is 1. The number of ether oxygens (including phenoxy) is 3. The van der Waals surface area contributed by atoms with Crippen LogP contribution in [0.5, 0.6) is 5.75 Å². The zero-order valence-corrected chi connectivity index (χ0v) is 30.6. The molecule has 21 nitrogen and oxygen atoms in total. The highest BCUT2D eigenvalue weighted by Gasteiger charge is 2.54. The molecule has 6 heterocycles. The molecule has 3 fully saturated rings. The second kappa shape index (κ2) is 15.7. The van der Waals surface area contributed by atoms with Gasteiger partial charge >= 0.3 is 18.5 Å². The molecule has 292 valence electrons. The molecule has 7 N–H and O–H groups in total. The summed E-state index contributed by atoms with van der Waals surface area (Å²) in [4.78, 5) is 62.9. The van der Waals surface area contributed by atoms with Crippen molar-refractivity contribution in [2.45, 2.75) is 61.9 Å². The maximum Gasteiger partial charge on any atom is 0.390 e. The predicted molar refractivity (Wildman–Crippen MR) is 181 cm³/mol. The molecule has 0 spiro atoms. The Hall–Kier alpha value is -3.93. The molecular weight excluding hydrogens is 788 g/mol. The van der Waals surface area contributed by atoms with E-state index in [0.717, 1.165) is 34.1 Å². The number of nitrogens with zero attached hydrogens (tertiary/aromatic N) is 5. The van der Waals surface area contributed by atoms with Gasteiger partial charge in [0.25, 0.3) is 13.4 Å². The monoisotopic (exact) mass is 820 g/mol. The molecule has 7 rings (SSSR count). The number of halogens is 2. The highest BCUT2D eigenvalue weighted by atomic mass is 32.7. The minimum absolute atomic E-state index is 0. The van der Waals surface area contributed by atoms with Crippen LogP contribution >= 0.6 is 26.0 Å². The van der Waals surface area contributed by atoms with E-state index in [9.17, 15) is 28.4 Å². The Morgan fingerprint density at radius 3 is 2.31 bits per heavy atom. The number of alkyl halides is 2. The third-order valence-electron chi connectivity index (χ3n) is 8.18. The van der Waals surface area contributed by atoms with Crippen molar-refractivity contribution in [1.82, 2.24) is 35.2 Å². The molecule has 10 atom stereocenters. The van der Waals surface area contributed by atoms with E-state index >= 15 is 8.78 Å². The lowest BCUT2D eigenvalue weighted by Crippen LogP contribution is -2.38. The number of aromatic amines is 1. The molecule has 3 aliphatic rings. The van der Waals surface area contributed by atoms with Gasteiger partial charge in [0, 0.05) is 24.9 Å². The summed E-state index contributed by atoms with van der Waals surface area (Å²) in [5.74, 6) is -0.468. The standard InChI is InChI=1S/C28H29F2N7O13P2S.H3N/c1-13(38)46-15-4-2-14(3-5-15)10-53-52(43)45-9-17-19(29)22(27(48-17)37-12-34-21-24(31)32-11-33-25(21)37)49-51(41,42)44-8-16-20(30)23(50-52)26(47-16)36-7-6-18(39)35-28(36)40;/h2-7,11-12,16-17,19-20,22-23,26-27H,8-10H2,1H3,(H,41,42)(H2,31,32,33)(H,35,39,40);1H3/t16-,17-,19-,20-,22-,23-,26-,27-,52?;/m1./s1. The summed E-state index contributed by atoms with van der Waals surface area (Å²) in [7, 11) is -5.50. The molecule has 4 bridgehead atoms. The number of nitrogen functional groups attached to an aromatic ring is 1. The molecule has 0 aliphatic carbocycles. The number of quaternary nitrogens is 1. The maximum absolute atomic E-state index is 16.2. The number of hydrogen-bond acceptors (Lipinski definition) is 18. The minimum atomic E-state index is -5.50. The fraction of sp³-hybridized carbons (Fsp3) is 0.429. The molecule has 3 saturated heterocycles. The van der Waals surface area contributed by atoms with Gasteiger partial charge in [0.05, 0.1) is 19.5 Å². The lowest BCUT2D eigenvalue weighted by molar-refractivity contribution is -0.236. The Bertz CT molecular complexity index is 2230. The number of anilines is 1. The number of rotatable bonds is 6. The first-order chi connectivity index (χ1) is 25.2. The van der Waals surface area contributed by atoms with Crippen molar-refractivity contribution in [3.63, 3.8) is 0 Å². The highest BCUT2D eigenvalue weighted by molar-refractivity contribution is 8.54. The topological polar surface area (TPSA) is 300 Å². The van der Waals surface area contributed by atoms with Gasteiger partial charge in [-0.15, -0.1) is 0 Å². The smallest absolute Gasteiger partial charge is 0.390 e. The SMILES string of the molecule is CC(=O)Oc1ccc(CSP2(=O)OC[C@H]3O[C@@H](n4cnc5c(N)ncnc54)[C@H](OP(=O)([O-])OC[C@H]4O[C@@H](n5ccc(=O)[nH]c5=O)[C@H](O2)[C@@H]4F)[C@@H]3F)cc1.[NH4+]. The zero-order chi connectivity index (χ0) is 37.7. The van der Waals surface area contributed by atoms with E-state index in [4.69, 9.17) is 38.0 Å². The lowest BCUT2D eigenvalue weighted by atomic mass is 10.1. The molecule has 1 aromatic carbocycles. The van der Waals surface area contributed by atoms with Gasteiger partial charge in [0.1, 0.15) is 42.0 Å². The summed E-state index contributed by atoms with van der Waals surface area (Å²) < 4.78 is 100. The van der Waals surface area contributed by atoms with E-state index in [1.54, 1.807) is 12.1 Å². The van der Waals surface area contributed by atoms with Crippen LogP contribution in [0.25, 0.3) is 11.2 Å². The second-order valence-electron chi connectivity index (χ2n) is 11.8. The molecule has 0 saturated carbocycles. The molecule has 2 unspecified atom stereocenters. The van der Waals surface area contributed by atoms with Crippen LogP contribution in [-0.4, -0.2) is 85.0 Å². The van der Waals surface area contributed by atoms with Gasteiger partial charge in [-0.3, -0.25) is 37.3 Å². The van der Waals surface area contributed by atoms with Crippen molar-refractivity contribution in [1.29, 1.82) is 0 Å². The van der Waals surface area contributed by atoms with E-state index in [2.05, 4.69) is 15.0 Å². The molecule has 4 aromatic rings. The van der Waals surface area contributed by atoms with Crippen molar-refractivity contribution in [2.75, 3.05) is 18.9 Å². The first kappa shape index (κ1) is 39.8. The molecule has 0 amide bonds. The van der Waals surface area contributed by atoms with Crippen molar-refractivity contribution in [2.24, 2.45) is 0 Å².